The van der Waals surface area contributed by atoms with Gasteiger partial charge in [-0.3, -0.25) is 4.79 Å². The quantitative estimate of drug-likeness (QED) is 0.528. The van der Waals surface area contributed by atoms with Gasteiger partial charge in [0.25, 0.3) is 5.91 Å². The Balaban J connectivity index is 1.50. The smallest absolute Gasteiger partial charge is 0.255 e. The van der Waals surface area contributed by atoms with E-state index < -0.39 is 0 Å². The van der Waals surface area contributed by atoms with Crippen molar-refractivity contribution < 1.29 is 9.53 Å². The third-order valence-corrected chi connectivity index (χ3v) is 4.85. The number of methoxy groups -OCH3 is 1. The number of hydrogen-bond acceptors (Lipinski definition) is 6. The Morgan fingerprint density at radius 3 is 2.67 bits per heavy atom. The zero-order valence-corrected chi connectivity index (χ0v) is 15.3. The van der Waals surface area contributed by atoms with Gasteiger partial charge in [-0.05, 0) is 47.8 Å². The van der Waals surface area contributed by atoms with Gasteiger partial charge in [-0.15, -0.1) is 11.3 Å². The minimum Gasteiger partial charge on any atom is -0.495 e. The van der Waals surface area contributed by atoms with Gasteiger partial charge >= 0.3 is 0 Å². The van der Waals surface area contributed by atoms with E-state index in [0.29, 0.717) is 17.0 Å². The lowest BCUT2D eigenvalue weighted by atomic mass is 10.2. The molecule has 2 aromatic heterocycles. The molecule has 0 saturated carbocycles. The molecule has 2 aromatic carbocycles. The normalized spacial score (nSPS) is 10.6. The van der Waals surface area contributed by atoms with Crippen LogP contribution in [0.25, 0.3) is 10.2 Å². The van der Waals surface area contributed by atoms with Crippen molar-refractivity contribution in [3.63, 3.8) is 0 Å². The third-order valence-electron chi connectivity index (χ3n) is 4.03. The summed E-state index contributed by atoms with van der Waals surface area (Å²) in [4.78, 5) is 22.0. The highest BCUT2D eigenvalue weighted by molar-refractivity contribution is 7.16. The van der Waals surface area contributed by atoms with Gasteiger partial charge in [0, 0.05) is 11.3 Å². The molecule has 6 nitrogen and oxygen atoms in total. The summed E-state index contributed by atoms with van der Waals surface area (Å²) in [5, 5.41) is 9.09. The maximum atomic E-state index is 12.5. The molecule has 4 aromatic rings. The highest BCUT2D eigenvalue weighted by Crippen LogP contribution is 2.27. The Morgan fingerprint density at radius 1 is 1.04 bits per heavy atom. The van der Waals surface area contributed by atoms with Gasteiger partial charge in [0.15, 0.2) is 0 Å². The molecule has 2 heterocycles. The molecule has 0 fully saturated rings. The first-order valence-electron chi connectivity index (χ1n) is 8.24. The molecule has 0 aliphatic heterocycles. The fourth-order valence-electron chi connectivity index (χ4n) is 2.67. The van der Waals surface area contributed by atoms with E-state index in [9.17, 15) is 4.79 Å². The molecule has 0 bridgehead atoms. The number of amides is 1. The van der Waals surface area contributed by atoms with Crippen molar-refractivity contribution in [3.8, 4) is 5.75 Å². The topological polar surface area (TPSA) is 76.1 Å². The average Bonchev–Trinajstić information content (AvgIpc) is 3.19. The van der Waals surface area contributed by atoms with Crippen LogP contribution in [0.2, 0.25) is 0 Å². The SMILES string of the molecule is COc1ccccc1NC(=O)c1ccc(Nc2ncnc3sccc23)cc1. The average molecular weight is 376 g/mol. The van der Waals surface area contributed by atoms with E-state index in [2.05, 4.69) is 20.6 Å². The van der Waals surface area contributed by atoms with Gasteiger partial charge in [0.2, 0.25) is 0 Å². The van der Waals surface area contributed by atoms with Crippen LogP contribution in [0.4, 0.5) is 17.2 Å². The highest BCUT2D eigenvalue weighted by Gasteiger charge is 2.10. The molecule has 0 unspecified atom stereocenters. The minimum absolute atomic E-state index is 0.201. The fraction of sp³-hybridized carbons (Fsp3) is 0.0500. The Labute approximate surface area is 159 Å². The molecule has 134 valence electrons. The summed E-state index contributed by atoms with van der Waals surface area (Å²) in [6.07, 6.45) is 1.54. The summed E-state index contributed by atoms with van der Waals surface area (Å²) in [6.45, 7) is 0. The van der Waals surface area contributed by atoms with Crippen LogP contribution in [0.15, 0.2) is 66.3 Å². The number of aromatic nitrogens is 2. The predicted molar refractivity (Wildman–Crippen MR) is 108 cm³/mol. The maximum absolute atomic E-state index is 12.5. The van der Waals surface area contributed by atoms with Crippen LogP contribution in [0.3, 0.4) is 0 Å². The van der Waals surface area contributed by atoms with Crippen LogP contribution in [0.5, 0.6) is 5.75 Å². The maximum Gasteiger partial charge on any atom is 0.255 e. The Morgan fingerprint density at radius 2 is 1.85 bits per heavy atom. The molecule has 0 spiro atoms. The molecular formula is C20H16N4O2S. The van der Waals surface area contributed by atoms with Crippen molar-refractivity contribution >= 4 is 44.7 Å². The standard InChI is InChI=1S/C20H16N4O2S/c1-26-17-5-3-2-4-16(17)24-19(25)13-6-8-14(9-7-13)23-18-15-10-11-27-20(15)22-12-21-18/h2-12H,1H3,(H,24,25)(H,21,22,23). The van der Waals surface area contributed by atoms with Crippen LogP contribution in [0.1, 0.15) is 10.4 Å². The van der Waals surface area contributed by atoms with Crippen LogP contribution in [0, 0.1) is 0 Å². The zero-order valence-electron chi connectivity index (χ0n) is 14.5. The van der Waals surface area contributed by atoms with Crippen molar-refractivity contribution in [1.29, 1.82) is 0 Å². The van der Waals surface area contributed by atoms with Crippen molar-refractivity contribution in [1.82, 2.24) is 9.97 Å². The molecule has 0 saturated heterocycles. The van der Waals surface area contributed by atoms with Crippen molar-refractivity contribution in [2.24, 2.45) is 0 Å². The number of anilines is 3. The second-order valence-electron chi connectivity index (χ2n) is 5.72. The van der Waals surface area contributed by atoms with E-state index >= 15 is 0 Å². The number of nitrogens with zero attached hydrogens (tertiary/aromatic N) is 2. The molecule has 7 heteroatoms. The first kappa shape index (κ1) is 17.0. The molecule has 2 N–H and O–H groups in total. The number of benzene rings is 2. The zero-order chi connectivity index (χ0) is 18.6. The van der Waals surface area contributed by atoms with E-state index in [1.54, 1.807) is 42.7 Å². The highest BCUT2D eigenvalue weighted by atomic mass is 32.1. The lowest BCUT2D eigenvalue weighted by Gasteiger charge is -2.10. The molecule has 4 rings (SSSR count). The molecule has 0 atom stereocenters. The number of fused-ring (bicyclic) bond motifs is 1. The Hall–Kier alpha value is -3.45. The van der Waals surface area contributed by atoms with Crippen molar-refractivity contribution in [2.75, 3.05) is 17.7 Å². The minimum atomic E-state index is -0.201. The first-order chi connectivity index (χ1) is 13.2. The van der Waals surface area contributed by atoms with Crippen molar-refractivity contribution in [2.45, 2.75) is 0 Å². The van der Waals surface area contributed by atoms with Gasteiger partial charge in [0.1, 0.15) is 22.7 Å². The molecule has 0 aliphatic carbocycles. The lowest BCUT2D eigenvalue weighted by Crippen LogP contribution is -2.12. The summed E-state index contributed by atoms with van der Waals surface area (Å²) in [5.41, 5.74) is 2.03. The van der Waals surface area contributed by atoms with Gasteiger partial charge in [-0.1, -0.05) is 12.1 Å². The molecular weight excluding hydrogens is 360 g/mol. The number of thiophene rings is 1. The van der Waals surface area contributed by atoms with Gasteiger partial charge < -0.3 is 15.4 Å². The van der Waals surface area contributed by atoms with E-state index in [0.717, 1.165) is 21.7 Å². The lowest BCUT2D eigenvalue weighted by molar-refractivity contribution is 0.102. The number of hydrogen-bond donors (Lipinski definition) is 2. The van der Waals surface area contributed by atoms with Gasteiger partial charge in [-0.2, -0.15) is 0 Å². The number of ether oxygens (including phenoxy) is 1. The first-order valence-corrected chi connectivity index (χ1v) is 9.12. The van der Waals surface area contributed by atoms with Crippen LogP contribution >= 0.6 is 11.3 Å². The largest absolute Gasteiger partial charge is 0.495 e. The second kappa shape index (κ2) is 7.43. The molecule has 27 heavy (non-hydrogen) atoms. The molecule has 0 radical (unpaired) electrons. The summed E-state index contributed by atoms with van der Waals surface area (Å²) in [7, 11) is 1.57. The number of rotatable bonds is 5. The predicted octanol–water partition coefficient (Wildman–Crippen LogP) is 4.70. The van der Waals surface area contributed by atoms with E-state index in [4.69, 9.17) is 4.74 Å². The summed E-state index contributed by atoms with van der Waals surface area (Å²) < 4.78 is 5.26. The monoisotopic (exact) mass is 376 g/mol. The van der Waals surface area contributed by atoms with Crippen LogP contribution < -0.4 is 15.4 Å². The van der Waals surface area contributed by atoms with E-state index in [1.807, 2.05) is 35.7 Å². The summed E-state index contributed by atoms with van der Waals surface area (Å²) >= 11 is 1.57. The summed E-state index contributed by atoms with van der Waals surface area (Å²) in [6, 6.07) is 16.5. The number of para-hydroxylation sites is 2. The second-order valence-corrected chi connectivity index (χ2v) is 6.61. The van der Waals surface area contributed by atoms with Crippen LogP contribution in [-0.2, 0) is 0 Å². The molecule has 0 aliphatic rings. The summed E-state index contributed by atoms with van der Waals surface area (Å²) in [5.74, 6) is 1.16. The fourth-order valence-corrected chi connectivity index (χ4v) is 3.41. The van der Waals surface area contributed by atoms with Crippen molar-refractivity contribution in [3.05, 3.63) is 71.9 Å². The Bertz CT molecular complexity index is 1090. The van der Waals surface area contributed by atoms with E-state index in [-0.39, 0.29) is 5.91 Å². The van der Waals surface area contributed by atoms with E-state index in [1.165, 1.54) is 6.33 Å². The van der Waals surface area contributed by atoms with Gasteiger partial charge in [0.05, 0.1) is 18.2 Å². The third kappa shape index (κ3) is 3.58. The molecule has 1 amide bonds. The number of carbonyl (C=O) groups is 1. The van der Waals surface area contributed by atoms with Gasteiger partial charge in [-0.25, -0.2) is 9.97 Å². The Kier molecular flexibility index (Phi) is 4.67. The van der Waals surface area contributed by atoms with Crippen LogP contribution in [-0.4, -0.2) is 23.0 Å². The number of carbonyl (C=O) groups excluding carboxylic acids is 1. The number of nitrogens with one attached hydrogen (secondary N) is 2.